The molecule has 2 heterocycles. The van der Waals surface area contributed by atoms with E-state index in [0.717, 1.165) is 44.8 Å². The summed E-state index contributed by atoms with van der Waals surface area (Å²) in [5.41, 5.74) is 0. The fraction of sp³-hybridized carbons (Fsp3) is 1.00. The van der Waals surface area contributed by atoms with E-state index in [4.69, 9.17) is 4.74 Å². The van der Waals surface area contributed by atoms with Crippen molar-refractivity contribution in [2.24, 2.45) is 0 Å². The van der Waals surface area contributed by atoms with Gasteiger partial charge in [0.2, 0.25) is 0 Å². The minimum Gasteiger partial charge on any atom is -0.377 e. The number of thioether (sulfide) groups is 1. The molecule has 0 amide bonds. The summed E-state index contributed by atoms with van der Waals surface area (Å²) in [5.74, 6) is 1.72. The van der Waals surface area contributed by atoms with Crippen LogP contribution >= 0.6 is 11.8 Å². The molecule has 20 heavy (non-hydrogen) atoms. The van der Waals surface area contributed by atoms with Gasteiger partial charge in [0, 0.05) is 50.0 Å². The summed E-state index contributed by atoms with van der Waals surface area (Å²) in [5, 5.41) is 3.16. The standard InChI is InChI=1S/C13H26N2O3S2/c1-11(12-4-3-8-18-12)14-5-6-15-7-9-19-10-13(15)20(2,16)17/h11-14H,3-10H2,1-2H3. The summed E-state index contributed by atoms with van der Waals surface area (Å²) in [7, 11) is -2.99. The van der Waals surface area contributed by atoms with Crippen molar-refractivity contribution in [3.63, 3.8) is 0 Å². The van der Waals surface area contributed by atoms with E-state index in [0.29, 0.717) is 17.9 Å². The van der Waals surface area contributed by atoms with Gasteiger partial charge in [-0.2, -0.15) is 11.8 Å². The van der Waals surface area contributed by atoms with Crippen LogP contribution in [0, 0.1) is 0 Å². The normalized spacial score (nSPS) is 30.5. The molecule has 2 saturated heterocycles. The molecule has 0 saturated carbocycles. The number of ether oxygens (including phenoxy) is 1. The van der Waals surface area contributed by atoms with E-state index in [1.165, 1.54) is 6.26 Å². The van der Waals surface area contributed by atoms with Crippen LogP contribution in [0.1, 0.15) is 19.8 Å². The van der Waals surface area contributed by atoms with Gasteiger partial charge in [-0.3, -0.25) is 4.90 Å². The van der Waals surface area contributed by atoms with Gasteiger partial charge in [-0.05, 0) is 19.8 Å². The highest BCUT2D eigenvalue weighted by atomic mass is 32.2. The first-order valence-electron chi connectivity index (χ1n) is 7.34. The third-order valence-corrected chi connectivity index (χ3v) is 6.76. The SMILES string of the molecule is CC(NCCN1CCSCC1S(C)(=O)=O)C1CCCO1. The maximum Gasteiger partial charge on any atom is 0.164 e. The molecule has 0 aromatic rings. The lowest BCUT2D eigenvalue weighted by Gasteiger charge is -2.34. The minimum absolute atomic E-state index is 0.317. The van der Waals surface area contributed by atoms with Gasteiger partial charge in [0.05, 0.1) is 6.10 Å². The second-order valence-electron chi connectivity index (χ2n) is 5.69. The molecule has 3 atom stereocenters. The van der Waals surface area contributed by atoms with Crippen molar-refractivity contribution in [3.8, 4) is 0 Å². The Hall–Kier alpha value is 0.180. The van der Waals surface area contributed by atoms with E-state index >= 15 is 0 Å². The molecular formula is C13H26N2O3S2. The van der Waals surface area contributed by atoms with Gasteiger partial charge in [0.25, 0.3) is 0 Å². The van der Waals surface area contributed by atoms with Crippen LogP contribution in [0.2, 0.25) is 0 Å². The smallest absolute Gasteiger partial charge is 0.164 e. The monoisotopic (exact) mass is 322 g/mol. The molecule has 2 rings (SSSR count). The highest BCUT2D eigenvalue weighted by Crippen LogP contribution is 2.20. The topological polar surface area (TPSA) is 58.6 Å². The number of sulfone groups is 1. The molecule has 0 spiro atoms. The molecule has 0 bridgehead atoms. The van der Waals surface area contributed by atoms with Crippen LogP contribution in [0.4, 0.5) is 0 Å². The molecule has 3 unspecified atom stereocenters. The Bertz CT molecular complexity index is 396. The van der Waals surface area contributed by atoms with Crippen molar-refractivity contribution in [2.45, 2.75) is 37.3 Å². The van der Waals surface area contributed by atoms with Gasteiger partial charge in [-0.1, -0.05) is 0 Å². The van der Waals surface area contributed by atoms with Crippen molar-refractivity contribution in [1.82, 2.24) is 10.2 Å². The van der Waals surface area contributed by atoms with Crippen LogP contribution in [0.15, 0.2) is 0 Å². The zero-order valence-electron chi connectivity index (χ0n) is 12.4. The van der Waals surface area contributed by atoms with Gasteiger partial charge in [-0.25, -0.2) is 8.42 Å². The van der Waals surface area contributed by atoms with Crippen molar-refractivity contribution in [3.05, 3.63) is 0 Å². The maximum atomic E-state index is 11.8. The molecule has 0 aromatic carbocycles. The van der Waals surface area contributed by atoms with E-state index < -0.39 is 9.84 Å². The van der Waals surface area contributed by atoms with Crippen LogP contribution in [0.5, 0.6) is 0 Å². The van der Waals surface area contributed by atoms with Gasteiger partial charge in [0.1, 0.15) is 5.37 Å². The first-order valence-corrected chi connectivity index (χ1v) is 10.4. The van der Waals surface area contributed by atoms with Crippen molar-refractivity contribution < 1.29 is 13.2 Å². The number of nitrogens with zero attached hydrogens (tertiary/aromatic N) is 1. The van der Waals surface area contributed by atoms with Crippen molar-refractivity contribution in [2.75, 3.05) is 44.0 Å². The summed E-state index contributed by atoms with van der Waals surface area (Å²) in [6.45, 7) is 5.48. The predicted octanol–water partition coefficient (Wildman–Crippen LogP) is 0.563. The quantitative estimate of drug-likeness (QED) is 0.771. The van der Waals surface area contributed by atoms with Crippen molar-refractivity contribution >= 4 is 21.6 Å². The van der Waals surface area contributed by atoms with E-state index in [-0.39, 0.29) is 5.37 Å². The average Bonchev–Trinajstić information content (AvgIpc) is 2.92. The lowest BCUT2D eigenvalue weighted by atomic mass is 10.1. The lowest BCUT2D eigenvalue weighted by Crippen LogP contribution is -2.50. The molecule has 5 nitrogen and oxygen atoms in total. The molecule has 0 aliphatic carbocycles. The molecule has 2 aliphatic heterocycles. The second-order valence-corrected chi connectivity index (χ2v) is 9.04. The average molecular weight is 322 g/mol. The summed E-state index contributed by atoms with van der Waals surface area (Å²) in [6.07, 6.45) is 3.94. The molecule has 1 N–H and O–H groups in total. The maximum absolute atomic E-state index is 11.8. The van der Waals surface area contributed by atoms with Crippen LogP contribution < -0.4 is 5.32 Å². The van der Waals surface area contributed by atoms with E-state index in [1.54, 1.807) is 11.8 Å². The number of hydrogen-bond acceptors (Lipinski definition) is 6. The summed E-state index contributed by atoms with van der Waals surface area (Å²) < 4.78 is 29.3. The zero-order valence-corrected chi connectivity index (χ0v) is 14.0. The zero-order chi connectivity index (χ0) is 14.6. The van der Waals surface area contributed by atoms with Crippen LogP contribution in [-0.4, -0.2) is 74.8 Å². The Labute approximate surface area is 126 Å². The largest absolute Gasteiger partial charge is 0.377 e. The number of hydrogen-bond donors (Lipinski definition) is 1. The van der Waals surface area contributed by atoms with Crippen molar-refractivity contribution in [1.29, 1.82) is 0 Å². The molecule has 7 heteroatoms. The first kappa shape index (κ1) is 16.5. The lowest BCUT2D eigenvalue weighted by molar-refractivity contribution is 0.0826. The third-order valence-electron chi connectivity index (χ3n) is 4.07. The predicted molar refractivity (Wildman–Crippen MR) is 84.0 cm³/mol. The molecule has 0 radical (unpaired) electrons. The fourth-order valence-electron chi connectivity index (χ4n) is 2.83. The van der Waals surface area contributed by atoms with Gasteiger partial charge < -0.3 is 10.1 Å². The Morgan fingerprint density at radius 3 is 2.95 bits per heavy atom. The number of rotatable bonds is 6. The molecule has 118 valence electrons. The Kier molecular flexibility index (Phi) is 6.16. The fourth-order valence-corrected chi connectivity index (χ4v) is 5.80. The second kappa shape index (κ2) is 7.45. The molecule has 2 aliphatic rings. The van der Waals surface area contributed by atoms with E-state index in [9.17, 15) is 8.42 Å². The Morgan fingerprint density at radius 1 is 1.50 bits per heavy atom. The first-order chi connectivity index (χ1) is 9.48. The van der Waals surface area contributed by atoms with E-state index in [1.807, 2.05) is 0 Å². The third kappa shape index (κ3) is 4.59. The molecular weight excluding hydrogens is 296 g/mol. The number of nitrogens with one attached hydrogen (secondary N) is 1. The summed E-state index contributed by atoms with van der Waals surface area (Å²) >= 11 is 1.73. The highest BCUT2D eigenvalue weighted by Gasteiger charge is 2.30. The molecule has 0 aromatic heterocycles. The highest BCUT2D eigenvalue weighted by molar-refractivity contribution is 8.00. The van der Waals surface area contributed by atoms with Gasteiger partial charge in [-0.15, -0.1) is 0 Å². The van der Waals surface area contributed by atoms with E-state index in [2.05, 4.69) is 17.1 Å². The summed E-state index contributed by atoms with van der Waals surface area (Å²) in [6, 6.07) is 0.341. The Morgan fingerprint density at radius 2 is 2.30 bits per heavy atom. The van der Waals surface area contributed by atoms with Crippen LogP contribution in [-0.2, 0) is 14.6 Å². The molecule has 2 fully saturated rings. The van der Waals surface area contributed by atoms with Gasteiger partial charge >= 0.3 is 0 Å². The minimum atomic E-state index is -2.99. The van der Waals surface area contributed by atoms with Crippen LogP contribution in [0.25, 0.3) is 0 Å². The Balaban J connectivity index is 1.76. The summed E-state index contributed by atoms with van der Waals surface area (Å²) in [4.78, 5) is 2.10. The van der Waals surface area contributed by atoms with Gasteiger partial charge in [0.15, 0.2) is 9.84 Å². The van der Waals surface area contributed by atoms with Crippen LogP contribution in [0.3, 0.4) is 0 Å².